The summed E-state index contributed by atoms with van der Waals surface area (Å²) in [5.41, 5.74) is 5.01. The predicted molar refractivity (Wildman–Crippen MR) is 121 cm³/mol. The summed E-state index contributed by atoms with van der Waals surface area (Å²) in [6.07, 6.45) is 2.07. The first kappa shape index (κ1) is 19.1. The van der Waals surface area contributed by atoms with Gasteiger partial charge in [0.2, 0.25) is 0 Å². The van der Waals surface area contributed by atoms with Crippen LogP contribution in [0.3, 0.4) is 0 Å². The third-order valence-electron chi connectivity index (χ3n) is 5.73. The molecule has 0 amide bonds. The van der Waals surface area contributed by atoms with Crippen LogP contribution in [0.15, 0.2) is 77.6 Å². The van der Waals surface area contributed by atoms with E-state index in [0.29, 0.717) is 17.1 Å². The zero-order valence-corrected chi connectivity index (χ0v) is 17.2. The van der Waals surface area contributed by atoms with Crippen LogP contribution in [0.1, 0.15) is 44.2 Å². The number of para-hydroxylation sites is 1. The maximum absolute atomic E-state index is 13.4. The highest BCUT2D eigenvalue weighted by atomic mass is 16.1. The molecule has 0 saturated carbocycles. The summed E-state index contributed by atoms with van der Waals surface area (Å²) in [7, 11) is 0. The summed E-state index contributed by atoms with van der Waals surface area (Å²) in [5, 5.41) is 0.632. The minimum atomic E-state index is -0.0403. The summed E-state index contributed by atoms with van der Waals surface area (Å²) in [4.78, 5) is 18.3. The molecule has 29 heavy (non-hydrogen) atoms. The molecule has 1 aromatic heterocycles. The van der Waals surface area contributed by atoms with Gasteiger partial charge in [-0.05, 0) is 54.2 Å². The number of aryl methyl sites for hydroxylation is 1. The molecule has 0 aliphatic rings. The molecule has 0 aliphatic carbocycles. The third kappa shape index (κ3) is 3.61. The summed E-state index contributed by atoms with van der Waals surface area (Å²) < 4.78 is 1.74. The first-order valence-corrected chi connectivity index (χ1v) is 10.3. The van der Waals surface area contributed by atoms with E-state index in [0.717, 1.165) is 29.6 Å². The van der Waals surface area contributed by atoms with Gasteiger partial charge < -0.3 is 0 Å². The molecular weight excluding hydrogens is 356 g/mol. The van der Waals surface area contributed by atoms with Crippen LogP contribution in [0.2, 0.25) is 0 Å². The zero-order valence-electron chi connectivity index (χ0n) is 17.2. The Kier molecular flexibility index (Phi) is 5.30. The zero-order chi connectivity index (χ0) is 20.4. The predicted octanol–water partition coefficient (Wildman–Crippen LogP) is 6.13. The molecule has 0 radical (unpaired) electrons. The van der Waals surface area contributed by atoms with Crippen LogP contribution in [0.5, 0.6) is 0 Å². The van der Waals surface area contributed by atoms with E-state index in [1.54, 1.807) is 4.57 Å². The number of fused-ring (bicyclic) bond motifs is 1. The number of aromatic nitrogens is 2. The lowest BCUT2D eigenvalue weighted by molar-refractivity contribution is 0.733. The fourth-order valence-electron chi connectivity index (χ4n) is 3.64. The molecule has 4 aromatic rings. The average Bonchev–Trinajstić information content (AvgIpc) is 2.79. The second-order valence-corrected chi connectivity index (χ2v) is 7.54. The van der Waals surface area contributed by atoms with Crippen molar-refractivity contribution in [3.63, 3.8) is 0 Å². The normalized spacial score (nSPS) is 12.2. The van der Waals surface area contributed by atoms with E-state index < -0.39 is 0 Å². The maximum atomic E-state index is 13.4. The lowest BCUT2D eigenvalue weighted by Gasteiger charge is -2.16. The van der Waals surface area contributed by atoms with Gasteiger partial charge in [0.25, 0.3) is 5.56 Å². The number of rotatable bonds is 5. The van der Waals surface area contributed by atoms with Crippen molar-refractivity contribution in [1.82, 2.24) is 9.55 Å². The van der Waals surface area contributed by atoms with Crippen LogP contribution >= 0.6 is 0 Å². The second-order valence-electron chi connectivity index (χ2n) is 7.54. The molecule has 3 nitrogen and oxygen atoms in total. The summed E-state index contributed by atoms with van der Waals surface area (Å²) >= 11 is 0. The average molecular weight is 383 g/mol. The van der Waals surface area contributed by atoms with Crippen molar-refractivity contribution in [2.45, 2.75) is 39.5 Å². The largest absolute Gasteiger partial charge is 0.268 e. The van der Waals surface area contributed by atoms with E-state index in [1.807, 2.05) is 36.4 Å². The smallest absolute Gasteiger partial charge is 0.266 e. The molecule has 0 bridgehead atoms. The van der Waals surface area contributed by atoms with Crippen LogP contribution in [0.25, 0.3) is 28.0 Å². The van der Waals surface area contributed by atoms with Gasteiger partial charge in [-0.15, -0.1) is 0 Å². The molecular formula is C26H26N2O. The highest BCUT2D eigenvalue weighted by molar-refractivity contribution is 5.80. The van der Waals surface area contributed by atoms with Crippen molar-refractivity contribution in [1.29, 1.82) is 0 Å². The van der Waals surface area contributed by atoms with Gasteiger partial charge in [0, 0.05) is 5.56 Å². The standard InChI is InChI=1S/C26H26N2O/c1-4-18(3)20-14-16-22(17-15-20)28-25(21-12-10-19(5-2)11-13-21)27-24-9-7-6-8-23(24)26(28)29/h6-18H,4-5H2,1-3H3. The summed E-state index contributed by atoms with van der Waals surface area (Å²) in [6.45, 7) is 6.55. The van der Waals surface area contributed by atoms with Crippen LogP contribution in [-0.4, -0.2) is 9.55 Å². The fourth-order valence-corrected chi connectivity index (χ4v) is 3.64. The van der Waals surface area contributed by atoms with Crippen molar-refractivity contribution in [2.24, 2.45) is 0 Å². The van der Waals surface area contributed by atoms with Crippen molar-refractivity contribution in [3.05, 3.63) is 94.3 Å². The Morgan fingerprint density at radius 3 is 2.24 bits per heavy atom. The van der Waals surface area contributed by atoms with Gasteiger partial charge in [-0.25, -0.2) is 4.98 Å². The highest BCUT2D eigenvalue weighted by Crippen LogP contribution is 2.25. The van der Waals surface area contributed by atoms with E-state index in [2.05, 4.69) is 57.2 Å². The van der Waals surface area contributed by atoms with E-state index in [4.69, 9.17) is 4.98 Å². The van der Waals surface area contributed by atoms with Crippen LogP contribution < -0.4 is 5.56 Å². The second kappa shape index (κ2) is 8.04. The van der Waals surface area contributed by atoms with Crippen LogP contribution in [0.4, 0.5) is 0 Å². The summed E-state index contributed by atoms with van der Waals surface area (Å²) in [5.74, 6) is 1.17. The van der Waals surface area contributed by atoms with Crippen molar-refractivity contribution < 1.29 is 0 Å². The molecule has 3 heteroatoms. The topological polar surface area (TPSA) is 34.9 Å². The molecule has 1 unspecified atom stereocenters. The Morgan fingerprint density at radius 2 is 1.59 bits per heavy atom. The molecule has 0 saturated heterocycles. The molecule has 1 atom stereocenters. The number of hydrogen-bond donors (Lipinski definition) is 0. The lowest BCUT2D eigenvalue weighted by atomic mass is 9.98. The molecule has 0 spiro atoms. The third-order valence-corrected chi connectivity index (χ3v) is 5.73. The first-order valence-electron chi connectivity index (χ1n) is 10.3. The van der Waals surface area contributed by atoms with Gasteiger partial charge in [-0.1, -0.05) is 69.3 Å². The fraction of sp³-hybridized carbons (Fsp3) is 0.231. The van der Waals surface area contributed by atoms with Gasteiger partial charge in [0.15, 0.2) is 0 Å². The Balaban J connectivity index is 1.95. The van der Waals surface area contributed by atoms with E-state index in [9.17, 15) is 4.79 Å². The minimum Gasteiger partial charge on any atom is -0.268 e. The maximum Gasteiger partial charge on any atom is 0.266 e. The van der Waals surface area contributed by atoms with E-state index >= 15 is 0 Å². The number of nitrogens with zero attached hydrogens (tertiary/aromatic N) is 2. The molecule has 1 heterocycles. The first-order chi connectivity index (χ1) is 14.1. The molecule has 0 aliphatic heterocycles. The Labute approximate surface area is 171 Å². The Hall–Kier alpha value is -3.20. The van der Waals surface area contributed by atoms with Gasteiger partial charge >= 0.3 is 0 Å². The Morgan fingerprint density at radius 1 is 0.897 bits per heavy atom. The van der Waals surface area contributed by atoms with Gasteiger partial charge in [-0.2, -0.15) is 0 Å². The molecule has 4 rings (SSSR count). The van der Waals surface area contributed by atoms with E-state index in [-0.39, 0.29) is 5.56 Å². The summed E-state index contributed by atoms with van der Waals surface area (Å²) in [6, 6.07) is 24.2. The van der Waals surface area contributed by atoms with Crippen molar-refractivity contribution in [3.8, 4) is 17.1 Å². The van der Waals surface area contributed by atoms with Crippen LogP contribution in [-0.2, 0) is 6.42 Å². The Bertz CT molecular complexity index is 1190. The molecule has 0 N–H and O–H groups in total. The van der Waals surface area contributed by atoms with Crippen molar-refractivity contribution >= 4 is 10.9 Å². The highest BCUT2D eigenvalue weighted by Gasteiger charge is 2.15. The molecule has 146 valence electrons. The molecule has 3 aromatic carbocycles. The van der Waals surface area contributed by atoms with Gasteiger partial charge in [-0.3, -0.25) is 9.36 Å². The minimum absolute atomic E-state index is 0.0403. The van der Waals surface area contributed by atoms with E-state index in [1.165, 1.54) is 11.1 Å². The SMILES string of the molecule is CCc1ccc(-c2nc3ccccc3c(=O)n2-c2ccc(C(C)CC)cc2)cc1. The number of benzene rings is 3. The van der Waals surface area contributed by atoms with Crippen LogP contribution in [0, 0.1) is 0 Å². The van der Waals surface area contributed by atoms with Gasteiger partial charge in [0.1, 0.15) is 5.82 Å². The quantitative estimate of drug-likeness (QED) is 0.416. The molecule has 0 fully saturated rings. The van der Waals surface area contributed by atoms with Crippen molar-refractivity contribution in [2.75, 3.05) is 0 Å². The lowest BCUT2D eigenvalue weighted by Crippen LogP contribution is -2.22. The monoisotopic (exact) mass is 382 g/mol. The van der Waals surface area contributed by atoms with Gasteiger partial charge in [0.05, 0.1) is 16.6 Å². The number of hydrogen-bond acceptors (Lipinski definition) is 2.